The smallest absolute Gasteiger partial charge is 0.260 e. The van der Waals surface area contributed by atoms with Crippen LogP contribution in [-0.2, 0) is 21.3 Å². The van der Waals surface area contributed by atoms with Gasteiger partial charge in [0.25, 0.3) is 5.91 Å². The van der Waals surface area contributed by atoms with E-state index >= 15 is 0 Å². The summed E-state index contributed by atoms with van der Waals surface area (Å²) >= 11 is 7.59. The van der Waals surface area contributed by atoms with Crippen LogP contribution in [0.2, 0.25) is 5.02 Å². The molecule has 1 amide bonds. The van der Waals surface area contributed by atoms with Crippen molar-refractivity contribution in [2.24, 2.45) is 0 Å². The largest absolute Gasteiger partial charge is 0.467 e. The Hall–Kier alpha value is -2.76. The normalized spacial score (nSPS) is 18.8. The van der Waals surface area contributed by atoms with Gasteiger partial charge in [-0.3, -0.25) is 9.69 Å². The Balaban J connectivity index is 1.46. The van der Waals surface area contributed by atoms with E-state index in [1.54, 1.807) is 18.4 Å². The average Bonchev–Trinajstić information content (AvgIpc) is 3.51. The van der Waals surface area contributed by atoms with Gasteiger partial charge in [0.15, 0.2) is 5.13 Å². The number of thiazole rings is 1. The van der Waals surface area contributed by atoms with Crippen LogP contribution in [0.5, 0.6) is 0 Å². The number of benzene rings is 2. The van der Waals surface area contributed by atoms with Crippen LogP contribution in [0, 0.1) is 6.92 Å². The minimum Gasteiger partial charge on any atom is -0.467 e. The topological polar surface area (TPSA) is 93.0 Å². The van der Waals surface area contributed by atoms with Crippen molar-refractivity contribution in [2.75, 3.05) is 18.0 Å². The number of amides is 1. The zero-order chi connectivity index (χ0) is 26.3. The van der Waals surface area contributed by atoms with Crippen LogP contribution >= 0.6 is 22.9 Å². The SMILES string of the molecule is Cc1cc(Cl)cc2sc(N(Cc3ccco3)C(=O)c3ccc(S(=O)(=O)N4CC(C)OC(C)C4)cc3)nc12. The van der Waals surface area contributed by atoms with Crippen LogP contribution in [0.25, 0.3) is 10.2 Å². The fourth-order valence-electron chi connectivity index (χ4n) is 4.44. The number of nitrogens with zero attached hydrogens (tertiary/aromatic N) is 3. The van der Waals surface area contributed by atoms with Gasteiger partial charge in [0.05, 0.1) is 40.1 Å². The molecule has 0 spiro atoms. The fourth-order valence-corrected chi connectivity index (χ4v) is 7.45. The number of fused-ring (bicyclic) bond motifs is 1. The second-order valence-corrected chi connectivity index (χ2v) is 12.5. The number of carbonyl (C=O) groups excluding carboxylic acids is 1. The van der Waals surface area contributed by atoms with Gasteiger partial charge >= 0.3 is 0 Å². The number of halogens is 1. The van der Waals surface area contributed by atoms with Crippen molar-refractivity contribution in [3.63, 3.8) is 0 Å². The van der Waals surface area contributed by atoms with Crippen molar-refractivity contribution in [2.45, 2.75) is 44.4 Å². The number of ether oxygens (including phenoxy) is 1. The molecule has 2 atom stereocenters. The maximum absolute atomic E-state index is 13.7. The molecule has 2 unspecified atom stereocenters. The highest BCUT2D eigenvalue weighted by molar-refractivity contribution is 7.89. The van der Waals surface area contributed by atoms with Gasteiger partial charge in [-0.1, -0.05) is 22.9 Å². The van der Waals surface area contributed by atoms with Crippen molar-refractivity contribution in [1.82, 2.24) is 9.29 Å². The molecular weight excluding hydrogens is 534 g/mol. The molecule has 37 heavy (non-hydrogen) atoms. The monoisotopic (exact) mass is 559 g/mol. The molecule has 1 aliphatic rings. The first-order valence-electron chi connectivity index (χ1n) is 11.8. The molecule has 1 fully saturated rings. The number of hydrogen-bond acceptors (Lipinski definition) is 7. The zero-order valence-electron chi connectivity index (χ0n) is 20.5. The lowest BCUT2D eigenvalue weighted by atomic mass is 10.2. The highest BCUT2D eigenvalue weighted by Crippen LogP contribution is 2.34. The first-order valence-corrected chi connectivity index (χ1v) is 14.4. The summed E-state index contributed by atoms with van der Waals surface area (Å²) in [7, 11) is -3.72. The molecule has 194 valence electrons. The Morgan fingerprint density at radius 3 is 2.51 bits per heavy atom. The minimum atomic E-state index is -3.72. The van der Waals surface area contributed by atoms with Crippen molar-refractivity contribution in [3.8, 4) is 0 Å². The molecule has 2 aromatic heterocycles. The summed E-state index contributed by atoms with van der Waals surface area (Å²) in [6.07, 6.45) is 1.16. The molecule has 4 aromatic rings. The number of anilines is 1. The van der Waals surface area contributed by atoms with Gasteiger partial charge in [-0.25, -0.2) is 13.4 Å². The summed E-state index contributed by atoms with van der Waals surface area (Å²) in [6, 6.07) is 13.2. The lowest BCUT2D eigenvalue weighted by Crippen LogP contribution is -2.48. The zero-order valence-corrected chi connectivity index (χ0v) is 22.9. The number of hydrogen-bond donors (Lipinski definition) is 0. The minimum absolute atomic E-state index is 0.133. The van der Waals surface area contributed by atoms with E-state index in [1.165, 1.54) is 44.8 Å². The molecule has 0 saturated carbocycles. The summed E-state index contributed by atoms with van der Waals surface area (Å²) < 4.78 is 39.9. The molecule has 1 saturated heterocycles. The van der Waals surface area contributed by atoms with Crippen LogP contribution < -0.4 is 4.90 Å². The van der Waals surface area contributed by atoms with E-state index in [1.807, 2.05) is 32.9 Å². The molecule has 2 aromatic carbocycles. The summed E-state index contributed by atoms with van der Waals surface area (Å²) in [6.45, 7) is 6.36. The summed E-state index contributed by atoms with van der Waals surface area (Å²) in [4.78, 5) is 20.1. The number of furan rings is 1. The highest BCUT2D eigenvalue weighted by atomic mass is 35.5. The number of carbonyl (C=O) groups is 1. The van der Waals surface area contributed by atoms with Gasteiger partial charge in [-0.15, -0.1) is 0 Å². The van der Waals surface area contributed by atoms with E-state index in [-0.39, 0.29) is 42.6 Å². The van der Waals surface area contributed by atoms with Crippen LogP contribution in [0.1, 0.15) is 35.5 Å². The molecule has 0 aliphatic carbocycles. The predicted octanol–water partition coefficient (Wildman–Crippen LogP) is 5.50. The summed E-state index contributed by atoms with van der Waals surface area (Å²) in [5, 5.41) is 1.10. The highest BCUT2D eigenvalue weighted by Gasteiger charge is 2.32. The van der Waals surface area contributed by atoms with E-state index in [2.05, 4.69) is 0 Å². The van der Waals surface area contributed by atoms with Crippen LogP contribution in [0.4, 0.5) is 5.13 Å². The Labute approximate surface area is 224 Å². The predicted molar refractivity (Wildman–Crippen MR) is 144 cm³/mol. The van der Waals surface area contributed by atoms with E-state index < -0.39 is 10.0 Å². The molecule has 8 nitrogen and oxygen atoms in total. The van der Waals surface area contributed by atoms with E-state index in [4.69, 9.17) is 25.7 Å². The number of morpholine rings is 1. The standard InChI is InChI=1S/C26H26ClN3O5S2/c1-16-11-20(27)12-23-24(16)28-26(36-23)30(15-21-5-4-10-34-21)25(31)19-6-8-22(9-7-19)37(32,33)29-13-17(2)35-18(3)14-29/h4-12,17-18H,13-15H2,1-3H3. The Morgan fingerprint density at radius 2 is 1.86 bits per heavy atom. The first-order chi connectivity index (χ1) is 17.6. The van der Waals surface area contributed by atoms with Crippen molar-refractivity contribution in [1.29, 1.82) is 0 Å². The Kier molecular flexibility index (Phi) is 7.12. The fraction of sp³-hybridized carbons (Fsp3) is 0.308. The number of sulfonamides is 1. The van der Waals surface area contributed by atoms with Crippen LogP contribution in [0.15, 0.2) is 64.1 Å². The van der Waals surface area contributed by atoms with Gasteiger partial charge in [0.1, 0.15) is 5.76 Å². The Bertz CT molecular complexity index is 1520. The summed E-state index contributed by atoms with van der Waals surface area (Å²) in [5.41, 5.74) is 2.02. The van der Waals surface area contributed by atoms with Crippen molar-refractivity contribution in [3.05, 3.63) is 76.7 Å². The number of aromatic nitrogens is 1. The second-order valence-electron chi connectivity index (χ2n) is 9.14. The number of aryl methyl sites for hydroxylation is 1. The van der Waals surface area contributed by atoms with Crippen molar-refractivity contribution < 1.29 is 22.4 Å². The number of rotatable bonds is 6. The molecular formula is C26H26ClN3O5S2. The first kappa shape index (κ1) is 25.9. The molecule has 0 bridgehead atoms. The molecule has 11 heteroatoms. The van der Waals surface area contributed by atoms with Gasteiger partial charge in [0.2, 0.25) is 10.0 Å². The van der Waals surface area contributed by atoms with Gasteiger partial charge < -0.3 is 9.15 Å². The van der Waals surface area contributed by atoms with E-state index in [9.17, 15) is 13.2 Å². The Morgan fingerprint density at radius 1 is 1.16 bits per heavy atom. The van der Waals surface area contributed by atoms with Gasteiger partial charge in [-0.05, 0) is 74.9 Å². The van der Waals surface area contributed by atoms with E-state index in [0.717, 1.165) is 15.8 Å². The lowest BCUT2D eigenvalue weighted by molar-refractivity contribution is -0.0440. The molecule has 3 heterocycles. The molecule has 0 N–H and O–H groups in total. The quantitative estimate of drug-likeness (QED) is 0.310. The maximum atomic E-state index is 13.7. The van der Waals surface area contributed by atoms with Crippen molar-refractivity contribution >= 4 is 54.2 Å². The summed E-state index contributed by atoms with van der Waals surface area (Å²) in [5.74, 6) is 0.272. The van der Waals surface area contributed by atoms with Crippen LogP contribution in [-0.4, -0.2) is 48.9 Å². The third kappa shape index (κ3) is 5.30. The molecule has 5 rings (SSSR count). The third-order valence-electron chi connectivity index (χ3n) is 6.13. The van der Waals surface area contributed by atoms with Gasteiger partial charge in [0, 0.05) is 23.7 Å². The average molecular weight is 560 g/mol. The second kappa shape index (κ2) is 10.2. The third-order valence-corrected chi connectivity index (χ3v) is 9.22. The van der Waals surface area contributed by atoms with Gasteiger partial charge in [-0.2, -0.15) is 4.31 Å². The maximum Gasteiger partial charge on any atom is 0.260 e. The molecule has 1 aliphatic heterocycles. The van der Waals surface area contributed by atoms with E-state index in [0.29, 0.717) is 21.5 Å². The van der Waals surface area contributed by atoms with Crippen LogP contribution in [0.3, 0.4) is 0 Å². The lowest BCUT2D eigenvalue weighted by Gasteiger charge is -2.34. The molecule has 0 radical (unpaired) electrons.